The molecule has 0 saturated carbocycles. The first kappa shape index (κ1) is 17.2. The third-order valence-corrected chi connectivity index (χ3v) is 3.57. The van der Waals surface area contributed by atoms with E-state index in [1.807, 2.05) is 0 Å². The van der Waals surface area contributed by atoms with Crippen LogP contribution in [0.4, 0.5) is 10.5 Å². The minimum atomic E-state index is -0.873. The summed E-state index contributed by atoms with van der Waals surface area (Å²) in [4.78, 5) is 52.8. The van der Waals surface area contributed by atoms with Gasteiger partial charge in [0.05, 0.1) is 23.3 Å². The number of nitrogens with one attached hydrogen (secondary N) is 1. The Balaban J connectivity index is 1.68. The number of carbonyl (C=O) groups is 4. The van der Waals surface area contributed by atoms with Gasteiger partial charge in [-0.05, 0) is 43.3 Å². The van der Waals surface area contributed by atoms with Crippen molar-refractivity contribution in [1.29, 1.82) is 0 Å². The van der Waals surface area contributed by atoms with Crippen LogP contribution in [0.15, 0.2) is 48.5 Å². The summed E-state index contributed by atoms with van der Waals surface area (Å²) in [6.07, 6.45) is -0.617. The molecule has 8 heteroatoms. The van der Waals surface area contributed by atoms with Crippen molar-refractivity contribution >= 4 is 29.6 Å². The molecule has 0 spiro atoms. The fourth-order valence-corrected chi connectivity index (χ4v) is 2.36. The number of hydrogen-bond donors (Lipinski definition) is 1. The first-order valence-electron chi connectivity index (χ1n) is 7.75. The molecule has 0 aromatic heterocycles. The zero-order valence-corrected chi connectivity index (χ0v) is 13.7. The summed E-state index contributed by atoms with van der Waals surface area (Å²) in [7, 11) is 0. The highest BCUT2D eigenvalue weighted by atomic mass is 16.7. The van der Waals surface area contributed by atoms with Crippen LogP contribution in [0.1, 0.15) is 38.0 Å². The standard InChI is InChI=1S/C18H14N2O6/c1-2-25-18(24)19-12-9-7-11(8-10-12)17(23)26-20-15(21)13-5-3-4-6-14(13)16(20)22/h3-10H,2H2,1H3,(H,19,24). The Bertz CT molecular complexity index is 856. The third kappa shape index (κ3) is 3.25. The quantitative estimate of drug-likeness (QED) is 0.847. The van der Waals surface area contributed by atoms with Crippen LogP contribution < -0.4 is 5.32 Å². The Morgan fingerprint density at radius 1 is 0.962 bits per heavy atom. The molecule has 3 rings (SSSR count). The smallest absolute Gasteiger partial charge is 0.411 e. The molecule has 0 fully saturated rings. The number of fused-ring (bicyclic) bond motifs is 1. The number of benzene rings is 2. The molecule has 132 valence electrons. The molecule has 1 aliphatic rings. The van der Waals surface area contributed by atoms with Gasteiger partial charge in [0.1, 0.15) is 0 Å². The van der Waals surface area contributed by atoms with Gasteiger partial charge in [0.25, 0.3) is 11.8 Å². The Morgan fingerprint density at radius 2 is 1.54 bits per heavy atom. The van der Waals surface area contributed by atoms with Crippen LogP contribution in [0.2, 0.25) is 0 Å². The minimum absolute atomic E-state index is 0.107. The average Bonchev–Trinajstić information content (AvgIpc) is 2.88. The largest absolute Gasteiger partial charge is 0.450 e. The van der Waals surface area contributed by atoms with Crippen molar-refractivity contribution in [2.24, 2.45) is 0 Å². The summed E-state index contributed by atoms with van der Waals surface area (Å²) in [6, 6.07) is 11.9. The molecule has 0 bridgehead atoms. The van der Waals surface area contributed by atoms with Gasteiger partial charge in [-0.2, -0.15) is 0 Å². The molecule has 1 heterocycles. The third-order valence-electron chi connectivity index (χ3n) is 3.57. The number of hydroxylamine groups is 2. The highest BCUT2D eigenvalue weighted by molar-refractivity contribution is 6.21. The van der Waals surface area contributed by atoms with Crippen LogP contribution in [-0.4, -0.2) is 35.5 Å². The number of amides is 3. The van der Waals surface area contributed by atoms with Crippen molar-refractivity contribution in [3.63, 3.8) is 0 Å². The number of hydrogen-bond acceptors (Lipinski definition) is 6. The fourth-order valence-electron chi connectivity index (χ4n) is 2.36. The van der Waals surface area contributed by atoms with Crippen molar-refractivity contribution in [3.8, 4) is 0 Å². The summed E-state index contributed by atoms with van der Waals surface area (Å²) in [5.74, 6) is -2.26. The first-order chi connectivity index (χ1) is 12.5. The lowest BCUT2D eigenvalue weighted by Gasteiger charge is -2.13. The maximum Gasteiger partial charge on any atom is 0.411 e. The highest BCUT2D eigenvalue weighted by Crippen LogP contribution is 2.23. The van der Waals surface area contributed by atoms with E-state index >= 15 is 0 Å². The highest BCUT2D eigenvalue weighted by Gasteiger charge is 2.38. The van der Waals surface area contributed by atoms with Gasteiger partial charge in [0, 0.05) is 5.69 Å². The number of anilines is 1. The van der Waals surface area contributed by atoms with Crippen molar-refractivity contribution in [1.82, 2.24) is 5.06 Å². The lowest BCUT2D eigenvalue weighted by Crippen LogP contribution is -2.32. The van der Waals surface area contributed by atoms with Crippen molar-refractivity contribution < 1.29 is 28.8 Å². The van der Waals surface area contributed by atoms with Gasteiger partial charge in [0.2, 0.25) is 0 Å². The summed E-state index contributed by atoms with van der Waals surface area (Å²) < 4.78 is 4.74. The van der Waals surface area contributed by atoms with Crippen LogP contribution in [0.25, 0.3) is 0 Å². The van der Waals surface area contributed by atoms with Crippen LogP contribution in [0, 0.1) is 0 Å². The molecule has 0 aliphatic carbocycles. The summed E-state index contributed by atoms with van der Waals surface area (Å²) in [6.45, 7) is 1.91. The van der Waals surface area contributed by atoms with E-state index in [1.54, 1.807) is 19.1 Å². The molecule has 0 unspecified atom stereocenters. The topological polar surface area (TPSA) is 102 Å². The second-order valence-corrected chi connectivity index (χ2v) is 5.25. The molecule has 3 amide bonds. The predicted octanol–water partition coefficient (Wildman–Crippen LogP) is 2.62. The number of ether oxygens (including phenoxy) is 1. The normalized spacial score (nSPS) is 12.6. The molecule has 2 aromatic rings. The van der Waals surface area contributed by atoms with E-state index in [0.717, 1.165) is 0 Å². The van der Waals surface area contributed by atoms with Gasteiger partial charge in [0.15, 0.2) is 0 Å². The van der Waals surface area contributed by atoms with Crippen molar-refractivity contribution in [3.05, 3.63) is 65.2 Å². The number of nitrogens with zero attached hydrogens (tertiary/aromatic N) is 1. The van der Waals surface area contributed by atoms with E-state index in [9.17, 15) is 19.2 Å². The van der Waals surface area contributed by atoms with E-state index in [1.165, 1.54) is 36.4 Å². The van der Waals surface area contributed by atoms with Crippen LogP contribution >= 0.6 is 0 Å². The van der Waals surface area contributed by atoms with E-state index < -0.39 is 23.9 Å². The Hall–Kier alpha value is -3.68. The SMILES string of the molecule is CCOC(=O)Nc1ccc(C(=O)ON2C(=O)c3ccccc3C2=O)cc1. The van der Waals surface area contributed by atoms with E-state index in [-0.39, 0.29) is 23.3 Å². The molecule has 26 heavy (non-hydrogen) atoms. The molecule has 0 radical (unpaired) electrons. The minimum Gasteiger partial charge on any atom is -0.450 e. The number of carbonyl (C=O) groups excluding carboxylic acids is 4. The molecule has 0 saturated heterocycles. The second-order valence-electron chi connectivity index (χ2n) is 5.25. The zero-order valence-electron chi connectivity index (χ0n) is 13.7. The van der Waals surface area contributed by atoms with Crippen molar-refractivity contribution in [2.75, 3.05) is 11.9 Å². The first-order valence-corrected chi connectivity index (χ1v) is 7.75. The van der Waals surface area contributed by atoms with Crippen LogP contribution in [-0.2, 0) is 9.57 Å². The lowest BCUT2D eigenvalue weighted by atomic mass is 10.1. The fraction of sp³-hybridized carbons (Fsp3) is 0.111. The second kappa shape index (κ2) is 7.06. The lowest BCUT2D eigenvalue weighted by molar-refractivity contribution is -0.0584. The molecule has 2 aromatic carbocycles. The van der Waals surface area contributed by atoms with E-state index in [4.69, 9.17) is 9.57 Å². The zero-order chi connectivity index (χ0) is 18.7. The summed E-state index contributed by atoms with van der Waals surface area (Å²) in [5, 5.41) is 2.92. The number of imide groups is 1. The van der Waals surface area contributed by atoms with E-state index in [2.05, 4.69) is 5.32 Å². The maximum absolute atomic E-state index is 12.2. The van der Waals surface area contributed by atoms with Gasteiger partial charge >= 0.3 is 12.1 Å². The summed E-state index contributed by atoms with van der Waals surface area (Å²) in [5.41, 5.74) is 0.885. The monoisotopic (exact) mass is 354 g/mol. The number of rotatable bonds is 4. The van der Waals surface area contributed by atoms with Crippen molar-refractivity contribution in [2.45, 2.75) is 6.92 Å². The molecule has 0 atom stereocenters. The van der Waals surface area contributed by atoms with Gasteiger partial charge in [-0.15, -0.1) is 0 Å². The van der Waals surface area contributed by atoms with Gasteiger partial charge in [-0.25, -0.2) is 9.59 Å². The van der Waals surface area contributed by atoms with Gasteiger partial charge < -0.3 is 9.57 Å². The van der Waals surface area contributed by atoms with Gasteiger partial charge in [-0.1, -0.05) is 17.2 Å². The predicted molar refractivity (Wildman–Crippen MR) is 89.4 cm³/mol. The molecule has 1 aliphatic heterocycles. The van der Waals surface area contributed by atoms with Crippen LogP contribution in [0.3, 0.4) is 0 Å². The Labute approximate surface area is 148 Å². The summed E-state index contributed by atoms with van der Waals surface area (Å²) >= 11 is 0. The molecular formula is C18H14N2O6. The molecule has 8 nitrogen and oxygen atoms in total. The Kier molecular flexibility index (Phi) is 4.66. The maximum atomic E-state index is 12.2. The Morgan fingerprint density at radius 3 is 2.08 bits per heavy atom. The molecular weight excluding hydrogens is 340 g/mol. The van der Waals surface area contributed by atoms with Gasteiger partial charge in [-0.3, -0.25) is 14.9 Å². The van der Waals surface area contributed by atoms with E-state index in [0.29, 0.717) is 10.8 Å². The van der Waals surface area contributed by atoms with Crippen LogP contribution in [0.5, 0.6) is 0 Å². The average molecular weight is 354 g/mol. The molecule has 1 N–H and O–H groups in total.